The summed E-state index contributed by atoms with van der Waals surface area (Å²) in [6, 6.07) is 17.2. The number of anilines is 1. The number of nitrogens with zero attached hydrogens (tertiary/aromatic N) is 2. The molecule has 0 spiro atoms. The Morgan fingerprint density at radius 3 is 2.46 bits per heavy atom. The number of carbonyl (C=O) groups is 1. The number of carbonyl (C=O) groups excluding carboxylic acids is 1. The molecule has 148 valence electrons. The summed E-state index contributed by atoms with van der Waals surface area (Å²) < 4.78 is 11.3. The summed E-state index contributed by atoms with van der Waals surface area (Å²) in [5.41, 5.74) is 1.82. The van der Waals surface area contributed by atoms with E-state index in [1.54, 1.807) is 4.90 Å². The topological polar surface area (TPSA) is 62.6 Å². The molecule has 0 radical (unpaired) electrons. The Hall–Kier alpha value is -3.00. The number of para-hydroxylation sites is 1. The standard InChI is InChI=1S/C23H28N2O3/c1-4-18(3)21-9-6-7-10-22(21)28-17-23(26)25(16-8-15-24)19-11-13-20(14-12-19)27-5-2/h6-7,9-14,18H,4-5,8,16-17H2,1-3H3. The first-order valence-electron chi connectivity index (χ1n) is 9.72. The van der Waals surface area contributed by atoms with E-state index in [1.165, 1.54) is 0 Å². The average Bonchev–Trinajstić information content (AvgIpc) is 2.73. The van der Waals surface area contributed by atoms with Gasteiger partial charge in [0, 0.05) is 12.2 Å². The van der Waals surface area contributed by atoms with Crippen LogP contribution in [0.2, 0.25) is 0 Å². The zero-order chi connectivity index (χ0) is 20.4. The van der Waals surface area contributed by atoms with Gasteiger partial charge in [-0.2, -0.15) is 5.26 Å². The first-order valence-corrected chi connectivity index (χ1v) is 9.72. The summed E-state index contributed by atoms with van der Waals surface area (Å²) in [5, 5.41) is 8.95. The summed E-state index contributed by atoms with van der Waals surface area (Å²) in [6.45, 7) is 7.02. The highest BCUT2D eigenvalue weighted by atomic mass is 16.5. The van der Waals surface area contributed by atoms with Gasteiger partial charge in [-0.15, -0.1) is 0 Å². The van der Waals surface area contributed by atoms with Gasteiger partial charge < -0.3 is 14.4 Å². The lowest BCUT2D eigenvalue weighted by molar-refractivity contribution is -0.120. The summed E-state index contributed by atoms with van der Waals surface area (Å²) in [5.74, 6) is 1.65. The van der Waals surface area contributed by atoms with E-state index in [2.05, 4.69) is 19.9 Å². The van der Waals surface area contributed by atoms with Crippen LogP contribution in [0.4, 0.5) is 5.69 Å². The lowest BCUT2D eigenvalue weighted by Crippen LogP contribution is -2.35. The van der Waals surface area contributed by atoms with Crippen molar-refractivity contribution in [3.8, 4) is 17.6 Å². The van der Waals surface area contributed by atoms with Gasteiger partial charge >= 0.3 is 0 Å². The summed E-state index contributed by atoms with van der Waals surface area (Å²) in [4.78, 5) is 14.4. The monoisotopic (exact) mass is 380 g/mol. The van der Waals surface area contributed by atoms with Gasteiger partial charge in [-0.3, -0.25) is 4.79 Å². The van der Waals surface area contributed by atoms with Crippen LogP contribution in [-0.4, -0.2) is 25.7 Å². The van der Waals surface area contributed by atoms with Crippen LogP contribution in [0.3, 0.4) is 0 Å². The first-order chi connectivity index (χ1) is 13.6. The molecule has 0 fully saturated rings. The Labute approximate surface area is 167 Å². The van der Waals surface area contributed by atoms with Crippen LogP contribution in [0.25, 0.3) is 0 Å². The molecule has 0 aromatic heterocycles. The van der Waals surface area contributed by atoms with Crippen LogP contribution in [0.15, 0.2) is 48.5 Å². The van der Waals surface area contributed by atoms with Crippen molar-refractivity contribution in [1.29, 1.82) is 5.26 Å². The fourth-order valence-electron chi connectivity index (χ4n) is 2.90. The minimum atomic E-state index is -0.182. The minimum absolute atomic E-state index is 0.0773. The molecule has 0 saturated carbocycles. The Bertz CT molecular complexity index is 796. The molecular weight excluding hydrogens is 352 g/mol. The number of benzene rings is 2. The van der Waals surface area contributed by atoms with Gasteiger partial charge in [0.05, 0.1) is 19.1 Å². The highest BCUT2D eigenvalue weighted by molar-refractivity contribution is 5.94. The van der Waals surface area contributed by atoms with Crippen molar-refractivity contribution >= 4 is 11.6 Å². The molecule has 0 aliphatic heterocycles. The van der Waals surface area contributed by atoms with E-state index < -0.39 is 0 Å². The molecule has 0 aliphatic carbocycles. The number of rotatable bonds is 10. The van der Waals surface area contributed by atoms with Crippen LogP contribution in [0.1, 0.15) is 45.1 Å². The number of nitriles is 1. The van der Waals surface area contributed by atoms with E-state index in [0.29, 0.717) is 19.1 Å². The highest BCUT2D eigenvalue weighted by Crippen LogP contribution is 2.28. The predicted octanol–water partition coefficient (Wildman–Crippen LogP) is 4.92. The van der Waals surface area contributed by atoms with Crippen molar-refractivity contribution < 1.29 is 14.3 Å². The summed E-state index contributed by atoms with van der Waals surface area (Å²) in [7, 11) is 0. The fourth-order valence-corrected chi connectivity index (χ4v) is 2.90. The van der Waals surface area contributed by atoms with Gasteiger partial charge in [-0.25, -0.2) is 0 Å². The molecule has 0 bridgehead atoms. The fraction of sp³-hybridized carbons (Fsp3) is 0.391. The van der Waals surface area contributed by atoms with Crippen molar-refractivity contribution in [3.05, 3.63) is 54.1 Å². The van der Waals surface area contributed by atoms with Crippen molar-refractivity contribution in [2.75, 3.05) is 24.7 Å². The molecule has 0 N–H and O–H groups in total. The average molecular weight is 380 g/mol. The molecule has 2 aromatic rings. The Balaban J connectivity index is 2.12. The van der Waals surface area contributed by atoms with E-state index in [4.69, 9.17) is 14.7 Å². The lowest BCUT2D eigenvalue weighted by Gasteiger charge is -2.23. The van der Waals surface area contributed by atoms with Crippen molar-refractivity contribution in [1.82, 2.24) is 0 Å². The summed E-state index contributed by atoms with van der Waals surface area (Å²) in [6.07, 6.45) is 1.25. The number of ether oxygens (including phenoxy) is 2. The van der Waals surface area contributed by atoms with E-state index >= 15 is 0 Å². The van der Waals surface area contributed by atoms with Crippen LogP contribution in [-0.2, 0) is 4.79 Å². The molecule has 2 rings (SSSR count). The van der Waals surface area contributed by atoms with E-state index in [0.717, 1.165) is 29.2 Å². The van der Waals surface area contributed by atoms with Gasteiger partial charge in [0.1, 0.15) is 11.5 Å². The number of amides is 1. The van der Waals surface area contributed by atoms with Gasteiger partial charge in [0.2, 0.25) is 0 Å². The first kappa shape index (κ1) is 21.3. The van der Waals surface area contributed by atoms with Crippen LogP contribution in [0, 0.1) is 11.3 Å². The quantitative estimate of drug-likeness (QED) is 0.587. The maximum absolute atomic E-state index is 12.8. The number of hydrogen-bond acceptors (Lipinski definition) is 4. The second kappa shape index (κ2) is 11.0. The maximum Gasteiger partial charge on any atom is 0.264 e. The third-order valence-corrected chi connectivity index (χ3v) is 4.62. The molecule has 1 unspecified atom stereocenters. The molecule has 0 heterocycles. The third kappa shape index (κ3) is 5.75. The van der Waals surface area contributed by atoms with Crippen LogP contribution >= 0.6 is 0 Å². The molecule has 1 amide bonds. The molecule has 2 aromatic carbocycles. The van der Waals surface area contributed by atoms with Crippen molar-refractivity contribution in [2.45, 2.75) is 39.5 Å². The van der Waals surface area contributed by atoms with Gasteiger partial charge in [0.25, 0.3) is 5.91 Å². The predicted molar refractivity (Wildman–Crippen MR) is 111 cm³/mol. The molecule has 5 heteroatoms. The molecule has 0 aliphatic rings. The molecule has 28 heavy (non-hydrogen) atoms. The van der Waals surface area contributed by atoms with E-state index in [1.807, 2.05) is 55.5 Å². The van der Waals surface area contributed by atoms with Gasteiger partial charge in [-0.05, 0) is 55.2 Å². The maximum atomic E-state index is 12.8. The normalized spacial score (nSPS) is 11.4. The lowest BCUT2D eigenvalue weighted by atomic mass is 9.98. The molecule has 0 saturated heterocycles. The Kier molecular flexibility index (Phi) is 8.36. The van der Waals surface area contributed by atoms with Crippen molar-refractivity contribution in [3.63, 3.8) is 0 Å². The third-order valence-electron chi connectivity index (χ3n) is 4.62. The SMILES string of the molecule is CCOc1ccc(N(CCC#N)C(=O)COc2ccccc2C(C)CC)cc1. The second-order valence-electron chi connectivity index (χ2n) is 6.52. The van der Waals surface area contributed by atoms with Crippen molar-refractivity contribution in [2.24, 2.45) is 0 Å². The Morgan fingerprint density at radius 2 is 1.82 bits per heavy atom. The number of hydrogen-bond donors (Lipinski definition) is 0. The molecule has 1 atom stereocenters. The molecule has 5 nitrogen and oxygen atoms in total. The second-order valence-corrected chi connectivity index (χ2v) is 6.52. The highest BCUT2D eigenvalue weighted by Gasteiger charge is 2.18. The van der Waals surface area contributed by atoms with Gasteiger partial charge in [0.15, 0.2) is 6.61 Å². The minimum Gasteiger partial charge on any atom is -0.494 e. The van der Waals surface area contributed by atoms with E-state index in [-0.39, 0.29) is 18.9 Å². The van der Waals surface area contributed by atoms with Crippen LogP contribution in [0.5, 0.6) is 11.5 Å². The summed E-state index contributed by atoms with van der Waals surface area (Å²) >= 11 is 0. The molecular formula is C23H28N2O3. The zero-order valence-corrected chi connectivity index (χ0v) is 16.9. The van der Waals surface area contributed by atoms with Gasteiger partial charge in [-0.1, -0.05) is 32.0 Å². The Morgan fingerprint density at radius 1 is 1.11 bits per heavy atom. The van der Waals surface area contributed by atoms with Crippen LogP contribution < -0.4 is 14.4 Å². The van der Waals surface area contributed by atoms with E-state index in [9.17, 15) is 4.79 Å². The smallest absolute Gasteiger partial charge is 0.264 e. The largest absolute Gasteiger partial charge is 0.494 e. The zero-order valence-electron chi connectivity index (χ0n) is 16.9.